The molecule has 28 heavy (non-hydrogen) atoms. The fourth-order valence-corrected chi connectivity index (χ4v) is 4.17. The summed E-state index contributed by atoms with van der Waals surface area (Å²) >= 11 is 1.46. The quantitative estimate of drug-likeness (QED) is 0.625. The third-order valence-electron chi connectivity index (χ3n) is 4.91. The zero-order valence-electron chi connectivity index (χ0n) is 16.0. The predicted octanol–water partition coefficient (Wildman–Crippen LogP) is 4.52. The van der Waals surface area contributed by atoms with Gasteiger partial charge in [-0.3, -0.25) is 4.79 Å². The van der Waals surface area contributed by atoms with Gasteiger partial charge in [-0.25, -0.2) is 9.97 Å². The van der Waals surface area contributed by atoms with Gasteiger partial charge in [0.05, 0.1) is 16.8 Å². The van der Waals surface area contributed by atoms with Crippen LogP contribution in [-0.4, -0.2) is 34.7 Å². The molecule has 1 amide bonds. The standard InChI is InChI=1S/C22H24N4OS/c1-2-16-9-11-17(12-10-16)23-20(27)15-28-22-21(26-13-5-6-14-26)24-18-7-3-4-8-19(18)25-22/h3-4,7-12H,2,5-6,13-15H2,1H3,(H,23,27). The van der Waals surface area contributed by atoms with E-state index >= 15 is 0 Å². The van der Waals surface area contributed by atoms with Crippen molar-refractivity contribution in [1.82, 2.24) is 9.97 Å². The van der Waals surface area contributed by atoms with E-state index < -0.39 is 0 Å². The van der Waals surface area contributed by atoms with Gasteiger partial charge in [-0.15, -0.1) is 0 Å². The van der Waals surface area contributed by atoms with Gasteiger partial charge in [-0.05, 0) is 49.1 Å². The Morgan fingerprint density at radius 2 is 1.71 bits per heavy atom. The second-order valence-corrected chi connectivity index (χ2v) is 7.89. The number of nitrogens with zero attached hydrogens (tertiary/aromatic N) is 3. The predicted molar refractivity (Wildman–Crippen MR) is 116 cm³/mol. The Labute approximate surface area is 169 Å². The van der Waals surface area contributed by atoms with Gasteiger partial charge in [-0.2, -0.15) is 0 Å². The maximum absolute atomic E-state index is 12.4. The average Bonchev–Trinajstić information content (AvgIpc) is 3.27. The van der Waals surface area contributed by atoms with E-state index in [4.69, 9.17) is 9.97 Å². The van der Waals surface area contributed by atoms with E-state index in [1.165, 1.54) is 30.2 Å². The first-order valence-corrected chi connectivity index (χ1v) is 10.7. The molecule has 2 aromatic carbocycles. The van der Waals surface area contributed by atoms with Crippen molar-refractivity contribution in [2.45, 2.75) is 31.2 Å². The number of fused-ring (bicyclic) bond motifs is 1. The van der Waals surface area contributed by atoms with Gasteiger partial charge in [0, 0.05) is 18.8 Å². The lowest BCUT2D eigenvalue weighted by Gasteiger charge is -2.19. The molecule has 2 heterocycles. The summed E-state index contributed by atoms with van der Waals surface area (Å²) in [7, 11) is 0. The summed E-state index contributed by atoms with van der Waals surface area (Å²) in [5, 5.41) is 3.80. The van der Waals surface area contributed by atoms with Crippen LogP contribution in [0.3, 0.4) is 0 Å². The Hall–Kier alpha value is -2.60. The largest absolute Gasteiger partial charge is 0.354 e. The van der Waals surface area contributed by atoms with E-state index in [9.17, 15) is 4.79 Å². The number of hydrogen-bond acceptors (Lipinski definition) is 5. The highest BCUT2D eigenvalue weighted by Gasteiger charge is 2.20. The van der Waals surface area contributed by atoms with Gasteiger partial charge in [0.1, 0.15) is 5.03 Å². The summed E-state index contributed by atoms with van der Waals surface area (Å²) in [6.07, 6.45) is 3.34. The van der Waals surface area contributed by atoms with Crippen LogP contribution in [-0.2, 0) is 11.2 Å². The van der Waals surface area contributed by atoms with Crippen LogP contribution in [0.2, 0.25) is 0 Å². The SMILES string of the molecule is CCc1ccc(NC(=O)CSc2nc3ccccc3nc2N2CCCC2)cc1. The van der Waals surface area contributed by atoms with Crippen LogP contribution >= 0.6 is 11.8 Å². The number of nitrogens with one attached hydrogen (secondary N) is 1. The molecule has 1 aliphatic rings. The van der Waals surface area contributed by atoms with Crippen LogP contribution in [0.25, 0.3) is 11.0 Å². The maximum atomic E-state index is 12.4. The minimum absolute atomic E-state index is 0.0309. The van der Waals surface area contributed by atoms with Gasteiger partial charge in [0.25, 0.3) is 0 Å². The molecule has 1 fully saturated rings. The van der Waals surface area contributed by atoms with Crippen molar-refractivity contribution in [1.29, 1.82) is 0 Å². The van der Waals surface area contributed by atoms with Crippen molar-refractivity contribution in [3.05, 3.63) is 54.1 Å². The molecule has 1 aliphatic heterocycles. The Morgan fingerprint density at radius 1 is 1.04 bits per heavy atom. The third kappa shape index (κ3) is 4.28. The molecule has 0 bridgehead atoms. The molecule has 5 nitrogen and oxygen atoms in total. The molecule has 3 aromatic rings. The first kappa shape index (κ1) is 18.7. The molecule has 4 rings (SSSR count). The number of para-hydroxylation sites is 2. The second kappa shape index (κ2) is 8.61. The molecular formula is C22H24N4OS. The number of carbonyl (C=O) groups excluding carboxylic acids is 1. The van der Waals surface area contributed by atoms with Crippen LogP contribution in [0, 0.1) is 0 Å². The van der Waals surface area contributed by atoms with Gasteiger partial charge >= 0.3 is 0 Å². The summed E-state index contributed by atoms with van der Waals surface area (Å²) in [6.45, 7) is 4.11. The van der Waals surface area contributed by atoms with Crippen molar-refractivity contribution in [3.8, 4) is 0 Å². The zero-order valence-corrected chi connectivity index (χ0v) is 16.8. The van der Waals surface area contributed by atoms with E-state index in [0.717, 1.165) is 47.1 Å². The van der Waals surface area contributed by atoms with Crippen LogP contribution < -0.4 is 10.2 Å². The first-order chi connectivity index (χ1) is 13.7. The molecule has 0 aliphatic carbocycles. The number of aromatic nitrogens is 2. The van der Waals surface area contributed by atoms with Crippen molar-refractivity contribution >= 4 is 40.2 Å². The number of amides is 1. The van der Waals surface area contributed by atoms with E-state index in [1.807, 2.05) is 48.5 Å². The lowest BCUT2D eigenvalue weighted by atomic mass is 10.1. The summed E-state index contributed by atoms with van der Waals surface area (Å²) in [5.41, 5.74) is 3.85. The summed E-state index contributed by atoms with van der Waals surface area (Å²) in [5.74, 6) is 1.18. The number of aryl methyl sites for hydroxylation is 1. The Bertz CT molecular complexity index is 968. The molecule has 6 heteroatoms. The van der Waals surface area contributed by atoms with Crippen molar-refractivity contribution in [3.63, 3.8) is 0 Å². The number of thioether (sulfide) groups is 1. The van der Waals surface area contributed by atoms with Gasteiger partial charge in [0.15, 0.2) is 5.82 Å². The van der Waals surface area contributed by atoms with Crippen molar-refractivity contribution in [2.75, 3.05) is 29.1 Å². The molecule has 1 saturated heterocycles. The smallest absolute Gasteiger partial charge is 0.234 e. The van der Waals surface area contributed by atoms with Gasteiger partial charge < -0.3 is 10.2 Å². The van der Waals surface area contributed by atoms with E-state index in [0.29, 0.717) is 5.75 Å². The van der Waals surface area contributed by atoms with Gasteiger partial charge in [0.2, 0.25) is 5.91 Å². The number of carbonyl (C=O) groups is 1. The summed E-state index contributed by atoms with van der Waals surface area (Å²) in [4.78, 5) is 24.4. The zero-order chi connectivity index (χ0) is 19.3. The van der Waals surface area contributed by atoms with Crippen LogP contribution in [0.4, 0.5) is 11.5 Å². The normalized spacial score (nSPS) is 13.8. The Kier molecular flexibility index (Phi) is 5.76. The van der Waals surface area contributed by atoms with Crippen LogP contribution in [0.15, 0.2) is 53.6 Å². The molecule has 0 saturated carbocycles. The molecule has 0 radical (unpaired) electrons. The maximum Gasteiger partial charge on any atom is 0.234 e. The minimum atomic E-state index is -0.0309. The topological polar surface area (TPSA) is 58.1 Å². The summed E-state index contributed by atoms with van der Waals surface area (Å²) in [6, 6.07) is 15.9. The summed E-state index contributed by atoms with van der Waals surface area (Å²) < 4.78 is 0. The number of benzene rings is 2. The van der Waals surface area contributed by atoms with Crippen molar-refractivity contribution < 1.29 is 4.79 Å². The molecule has 0 spiro atoms. The highest BCUT2D eigenvalue weighted by Crippen LogP contribution is 2.31. The molecule has 1 aromatic heterocycles. The van der Waals surface area contributed by atoms with E-state index in [2.05, 4.69) is 17.1 Å². The first-order valence-electron chi connectivity index (χ1n) is 9.76. The Morgan fingerprint density at radius 3 is 2.39 bits per heavy atom. The van der Waals surface area contributed by atoms with Crippen LogP contribution in [0.1, 0.15) is 25.3 Å². The lowest BCUT2D eigenvalue weighted by molar-refractivity contribution is -0.113. The lowest BCUT2D eigenvalue weighted by Crippen LogP contribution is -2.21. The molecule has 0 unspecified atom stereocenters. The molecule has 1 N–H and O–H groups in total. The second-order valence-electron chi connectivity index (χ2n) is 6.92. The third-order valence-corrected chi connectivity index (χ3v) is 5.87. The minimum Gasteiger partial charge on any atom is -0.354 e. The van der Waals surface area contributed by atoms with Gasteiger partial charge in [-0.1, -0.05) is 43.0 Å². The fraction of sp³-hybridized carbons (Fsp3) is 0.318. The monoisotopic (exact) mass is 392 g/mol. The van der Waals surface area contributed by atoms with Crippen molar-refractivity contribution in [2.24, 2.45) is 0 Å². The highest BCUT2D eigenvalue weighted by atomic mass is 32.2. The fourth-order valence-electron chi connectivity index (χ4n) is 3.36. The Balaban J connectivity index is 1.49. The number of rotatable bonds is 6. The highest BCUT2D eigenvalue weighted by molar-refractivity contribution is 8.00. The van der Waals surface area contributed by atoms with Crippen LogP contribution in [0.5, 0.6) is 0 Å². The number of hydrogen-bond donors (Lipinski definition) is 1. The average molecular weight is 393 g/mol. The van der Waals surface area contributed by atoms with E-state index in [1.54, 1.807) is 0 Å². The molecule has 144 valence electrons. The molecule has 0 atom stereocenters. The number of anilines is 2. The van der Waals surface area contributed by atoms with E-state index in [-0.39, 0.29) is 5.91 Å². The molecular weight excluding hydrogens is 368 g/mol.